The molecule has 0 saturated heterocycles. The number of furan rings is 1. The van der Waals surface area contributed by atoms with E-state index in [0.29, 0.717) is 0 Å². The average molecular weight is 130 g/mol. The number of aliphatic hydroxyl groups excluding tert-OH is 1. The number of hydrogen-bond donors (Lipinski definition) is 1. The first-order valence-corrected chi connectivity index (χ1v) is 2.92. The van der Waals surface area contributed by atoms with Crippen LogP contribution in [0.2, 0.25) is 0 Å². The Morgan fingerprint density at radius 3 is 1.44 bits per heavy atom. The highest BCUT2D eigenvalue weighted by atomic mass is 16.3. The van der Waals surface area contributed by atoms with E-state index in [4.69, 9.17) is 5.11 Å². The van der Waals surface area contributed by atoms with Gasteiger partial charge in [-0.05, 0) is 12.1 Å². The van der Waals surface area contributed by atoms with Crippen molar-refractivity contribution in [1.29, 1.82) is 0 Å². The number of aliphatic hydroxyl groups is 1. The van der Waals surface area contributed by atoms with E-state index in [9.17, 15) is 0 Å². The molecular weight excluding hydrogens is 116 g/mol. The van der Waals surface area contributed by atoms with Crippen LogP contribution in [-0.2, 0) is 0 Å². The molecule has 0 aromatic carbocycles. The molecule has 0 aliphatic heterocycles. The van der Waals surface area contributed by atoms with Crippen LogP contribution in [0.4, 0.5) is 0 Å². The van der Waals surface area contributed by atoms with Crippen LogP contribution >= 0.6 is 0 Å². The summed E-state index contributed by atoms with van der Waals surface area (Å²) < 4.78 is 4.58. The molecule has 0 bridgehead atoms. The van der Waals surface area contributed by atoms with Crippen molar-refractivity contribution < 1.29 is 9.52 Å². The Bertz CT molecular complexity index is 63.4. The van der Waals surface area contributed by atoms with Crippen LogP contribution < -0.4 is 0 Å². The fourth-order valence-corrected chi connectivity index (χ4v) is 0.227. The van der Waals surface area contributed by atoms with E-state index in [1.54, 1.807) is 12.5 Å². The van der Waals surface area contributed by atoms with Crippen molar-refractivity contribution in [1.82, 2.24) is 0 Å². The highest BCUT2D eigenvalue weighted by molar-refractivity contribution is 4.79. The molecule has 0 radical (unpaired) electrons. The summed E-state index contributed by atoms with van der Waals surface area (Å²) in [7, 11) is 1.00. The Morgan fingerprint density at radius 2 is 1.33 bits per heavy atom. The lowest BCUT2D eigenvalue weighted by Crippen LogP contribution is -1.25. The van der Waals surface area contributed by atoms with Crippen molar-refractivity contribution in [2.45, 2.75) is 13.8 Å². The first-order valence-electron chi connectivity index (χ1n) is 2.92. The van der Waals surface area contributed by atoms with Gasteiger partial charge in [-0.3, -0.25) is 0 Å². The molecule has 2 heteroatoms. The van der Waals surface area contributed by atoms with Gasteiger partial charge in [-0.25, -0.2) is 0 Å². The topological polar surface area (TPSA) is 33.4 Å². The van der Waals surface area contributed by atoms with Gasteiger partial charge in [0.25, 0.3) is 0 Å². The van der Waals surface area contributed by atoms with Crippen molar-refractivity contribution in [3.8, 4) is 0 Å². The summed E-state index contributed by atoms with van der Waals surface area (Å²) >= 11 is 0. The molecule has 1 N–H and O–H groups in total. The van der Waals surface area contributed by atoms with Crippen molar-refractivity contribution in [2.24, 2.45) is 0 Å². The maximum atomic E-state index is 7.00. The first-order chi connectivity index (χ1) is 4.50. The van der Waals surface area contributed by atoms with E-state index in [2.05, 4.69) is 4.42 Å². The van der Waals surface area contributed by atoms with Crippen LogP contribution in [0.5, 0.6) is 0 Å². The van der Waals surface area contributed by atoms with Crippen LogP contribution in [0, 0.1) is 0 Å². The average Bonchev–Trinajstić information content (AvgIpc) is 2.51. The Hall–Kier alpha value is -0.760. The number of rotatable bonds is 0. The maximum Gasteiger partial charge on any atom is 0.0902 e. The van der Waals surface area contributed by atoms with Crippen LogP contribution in [0.25, 0.3) is 0 Å². The van der Waals surface area contributed by atoms with Gasteiger partial charge in [0, 0.05) is 7.11 Å². The largest absolute Gasteiger partial charge is 0.473 e. The lowest BCUT2D eigenvalue weighted by Gasteiger charge is -1.50. The summed E-state index contributed by atoms with van der Waals surface area (Å²) in [6, 6.07) is 3.67. The van der Waals surface area contributed by atoms with Crippen LogP contribution in [0.15, 0.2) is 29.1 Å². The van der Waals surface area contributed by atoms with E-state index in [-0.39, 0.29) is 0 Å². The Morgan fingerprint density at radius 1 is 1.00 bits per heavy atom. The molecule has 0 unspecified atom stereocenters. The van der Waals surface area contributed by atoms with Crippen LogP contribution in [-0.4, -0.2) is 12.2 Å². The summed E-state index contributed by atoms with van der Waals surface area (Å²) in [5.74, 6) is 0. The summed E-state index contributed by atoms with van der Waals surface area (Å²) in [6.07, 6.45) is 3.25. The minimum Gasteiger partial charge on any atom is -0.473 e. The fraction of sp³-hybridized carbons (Fsp3) is 0.429. The van der Waals surface area contributed by atoms with Gasteiger partial charge < -0.3 is 9.52 Å². The molecular formula is C7H14O2. The SMILES string of the molecule is CC.CO.c1ccoc1. The highest BCUT2D eigenvalue weighted by Crippen LogP contribution is 1.79. The molecule has 54 valence electrons. The second-order valence-electron chi connectivity index (χ2n) is 0.793. The Labute approximate surface area is 56.1 Å². The second kappa shape index (κ2) is 15.7. The standard InChI is InChI=1S/C4H4O.C2H6.CH4O/c1-2-4-5-3-1;2*1-2/h1-4H;1-2H3;2H,1H3. The molecule has 0 aliphatic carbocycles. The quantitative estimate of drug-likeness (QED) is 0.582. The van der Waals surface area contributed by atoms with Gasteiger partial charge >= 0.3 is 0 Å². The lowest BCUT2D eigenvalue weighted by molar-refractivity contribution is 0.399. The third kappa shape index (κ3) is 11.1. The first kappa shape index (κ1) is 11.1. The molecule has 0 aliphatic rings. The summed E-state index contributed by atoms with van der Waals surface area (Å²) in [5, 5.41) is 7.00. The van der Waals surface area contributed by atoms with Gasteiger partial charge in [0.1, 0.15) is 0 Å². The zero-order chi connectivity index (χ0) is 7.54. The van der Waals surface area contributed by atoms with Crippen molar-refractivity contribution in [3.05, 3.63) is 24.7 Å². The third-order valence-electron chi connectivity index (χ3n) is 0.425. The van der Waals surface area contributed by atoms with Crippen LogP contribution in [0.3, 0.4) is 0 Å². The lowest BCUT2D eigenvalue weighted by atomic mass is 10.7. The second-order valence-corrected chi connectivity index (χ2v) is 0.793. The van der Waals surface area contributed by atoms with E-state index in [1.807, 2.05) is 26.0 Å². The zero-order valence-corrected chi connectivity index (χ0v) is 6.16. The van der Waals surface area contributed by atoms with Gasteiger partial charge in [0.15, 0.2) is 0 Å². The van der Waals surface area contributed by atoms with E-state index in [1.165, 1.54) is 0 Å². The summed E-state index contributed by atoms with van der Waals surface area (Å²) in [4.78, 5) is 0. The minimum absolute atomic E-state index is 1.00. The summed E-state index contributed by atoms with van der Waals surface area (Å²) in [5.41, 5.74) is 0. The number of hydrogen-bond acceptors (Lipinski definition) is 2. The van der Waals surface area contributed by atoms with Crippen molar-refractivity contribution in [2.75, 3.05) is 7.11 Å². The molecule has 2 nitrogen and oxygen atoms in total. The normalized spacial score (nSPS) is 5.78. The zero-order valence-electron chi connectivity index (χ0n) is 6.16. The van der Waals surface area contributed by atoms with Crippen LogP contribution in [0.1, 0.15) is 13.8 Å². The molecule has 9 heavy (non-hydrogen) atoms. The van der Waals surface area contributed by atoms with Gasteiger partial charge in [-0.1, -0.05) is 13.8 Å². The van der Waals surface area contributed by atoms with Crippen molar-refractivity contribution >= 4 is 0 Å². The molecule has 0 spiro atoms. The van der Waals surface area contributed by atoms with E-state index in [0.717, 1.165) is 7.11 Å². The molecule has 0 amide bonds. The highest BCUT2D eigenvalue weighted by Gasteiger charge is 1.58. The smallest absolute Gasteiger partial charge is 0.0902 e. The van der Waals surface area contributed by atoms with Gasteiger partial charge in [0.2, 0.25) is 0 Å². The monoisotopic (exact) mass is 130 g/mol. The third-order valence-corrected chi connectivity index (χ3v) is 0.425. The molecule has 0 saturated carbocycles. The van der Waals surface area contributed by atoms with E-state index < -0.39 is 0 Å². The van der Waals surface area contributed by atoms with Crippen molar-refractivity contribution in [3.63, 3.8) is 0 Å². The molecule has 1 aromatic rings. The summed E-state index contributed by atoms with van der Waals surface area (Å²) in [6.45, 7) is 4.00. The Balaban J connectivity index is 0. The molecule has 0 atom stereocenters. The predicted molar refractivity (Wildman–Crippen MR) is 38.2 cm³/mol. The molecule has 1 aromatic heterocycles. The predicted octanol–water partition coefficient (Wildman–Crippen LogP) is 1.91. The minimum atomic E-state index is 1.00. The van der Waals surface area contributed by atoms with Gasteiger partial charge in [-0.2, -0.15) is 0 Å². The van der Waals surface area contributed by atoms with Gasteiger partial charge in [0.05, 0.1) is 12.5 Å². The van der Waals surface area contributed by atoms with Gasteiger partial charge in [-0.15, -0.1) is 0 Å². The Kier molecular flexibility index (Phi) is 19.3. The molecule has 0 fully saturated rings. The maximum absolute atomic E-state index is 7.00. The molecule has 1 heterocycles. The molecule has 1 rings (SSSR count). The fourth-order valence-electron chi connectivity index (χ4n) is 0.227. The van der Waals surface area contributed by atoms with E-state index >= 15 is 0 Å².